The van der Waals surface area contributed by atoms with Gasteiger partial charge in [0, 0.05) is 33.8 Å². The van der Waals surface area contributed by atoms with Gasteiger partial charge in [-0.25, -0.2) is 8.78 Å². The number of aromatic nitrogens is 1. The van der Waals surface area contributed by atoms with Gasteiger partial charge in [0.15, 0.2) is 11.6 Å². The Balaban J connectivity index is 2.20. The number of halogens is 2. The van der Waals surface area contributed by atoms with Gasteiger partial charge in [-0.2, -0.15) is 0 Å². The molecule has 5 heteroatoms. The SMILES string of the molecule is CCC1(C)OCC(C)(C)c2c1c1c(O)cccc1n2-c1ccc(F)c(F)c1. The van der Waals surface area contributed by atoms with Crippen molar-refractivity contribution >= 4 is 10.9 Å². The van der Waals surface area contributed by atoms with Crippen LogP contribution in [0, 0.1) is 11.6 Å². The molecule has 0 saturated carbocycles. The van der Waals surface area contributed by atoms with Crippen molar-refractivity contribution in [2.24, 2.45) is 0 Å². The molecule has 0 fully saturated rings. The summed E-state index contributed by atoms with van der Waals surface area (Å²) in [5, 5.41) is 11.4. The van der Waals surface area contributed by atoms with Crippen molar-refractivity contribution in [2.75, 3.05) is 6.61 Å². The molecule has 1 unspecified atom stereocenters. The standard InChI is InChI=1S/C22H23F2NO2/c1-5-22(4)19-18-16(7-6-8-17(18)26)25(20(19)21(2,3)12-27-22)13-9-10-14(23)15(24)11-13/h6-11,26H,5,12H2,1-4H3. The van der Waals surface area contributed by atoms with Crippen LogP contribution in [0.4, 0.5) is 8.78 Å². The third-order valence-corrected chi connectivity index (χ3v) is 5.73. The van der Waals surface area contributed by atoms with Crippen molar-refractivity contribution in [3.8, 4) is 11.4 Å². The molecule has 1 aliphatic rings. The summed E-state index contributed by atoms with van der Waals surface area (Å²) in [5.41, 5.74) is 2.20. The van der Waals surface area contributed by atoms with Gasteiger partial charge in [-0.15, -0.1) is 0 Å². The highest BCUT2D eigenvalue weighted by Crippen LogP contribution is 2.50. The largest absolute Gasteiger partial charge is 0.507 e. The van der Waals surface area contributed by atoms with Gasteiger partial charge in [0.25, 0.3) is 0 Å². The maximum atomic E-state index is 14.0. The van der Waals surface area contributed by atoms with E-state index in [-0.39, 0.29) is 11.2 Å². The summed E-state index contributed by atoms with van der Waals surface area (Å²) < 4.78 is 35.8. The Morgan fingerprint density at radius 1 is 1.11 bits per heavy atom. The number of benzene rings is 2. The molecule has 0 aliphatic carbocycles. The van der Waals surface area contributed by atoms with Crippen LogP contribution in [-0.2, 0) is 15.8 Å². The first-order chi connectivity index (χ1) is 12.7. The predicted molar refractivity (Wildman–Crippen MR) is 101 cm³/mol. The molecule has 3 aromatic rings. The highest BCUT2D eigenvalue weighted by Gasteiger charge is 2.45. The van der Waals surface area contributed by atoms with Gasteiger partial charge in [-0.1, -0.05) is 26.8 Å². The number of hydrogen-bond acceptors (Lipinski definition) is 2. The zero-order valence-electron chi connectivity index (χ0n) is 15.9. The minimum Gasteiger partial charge on any atom is -0.507 e. The molecule has 1 N–H and O–H groups in total. The fraction of sp³-hybridized carbons (Fsp3) is 0.364. The number of phenols is 1. The number of nitrogens with zero attached hydrogens (tertiary/aromatic N) is 1. The molecule has 0 bridgehead atoms. The van der Waals surface area contributed by atoms with Crippen LogP contribution < -0.4 is 0 Å². The minimum atomic E-state index is -0.897. The second-order valence-electron chi connectivity index (χ2n) is 8.09. The lowest BCUT2D eigenvalue weighted by Crippen LogP contribution is -2.42. The Bertz CT molecular complexity index is 1050. The van der Waals surface area contributed by atoms with E-state index in [9.17, 15) is 13.9 Å². The Hall–Kier alpha value is -2.40. The van der Waals surface area contributed by atoms with Gasteiger partial charge in [-0.3, -0.25) is 0 Å². The van der Waals surface area contributed by atoms with E-state index in [1.165, 1.54) is 6.07 Å². The molecule has 2 heterocycles. The highest BCUT2D eigenvalue weighted by atomic mass is 19.2. The maximum absolute atomic E-state index is 14.0. The summed E-state index contributed by atoms with van der Waals surface area (Å²) >= 11 is 0. The Morgan fingerprint density at radius 2 is 1.85 bits per heavy atom. The summed E-state index contributed by atoms with van der Waals surface area (Å²) in [4.78, 5) is 0. The molecule has 1 atom stereocenters. The van der Waals surface area contributed by atoms with Crippen molar-refractivity contribution in [1.29, 1.82) is 0 Å². The molecule has 0 amide bonds. The lowest BCUT2D eigenvalue weighted by Gasteiger charge is -2.42. The number of phenolic OH excluding ortho intramolecular Hbond substituents is 1. The van der Waals surface area contributed by atoms with Crippen molar-refractivity contribution in [1.82, 2.24) is 4.57 Å². The molecule has 0 saturated heterocycles. The molecule has 1 aliphatic heterocycles. The zero-order chi connectivity index (χ0) is 19.6. The van der Waals surface area contributed by atoms with Crippen LogP contribution in [0.15, 0.2) is 36.4 Å². The first-order valence-electron chi connectivity index (χ1n) is 9.16. The van der Waals surface area contributed by atoms with E-state index >= 15 is 0 Å². The van der Waals surface area contributed by atoms with E-state index in [1.807, 2.05) is 24.5 Å². The van der Waals surface area contributed by atoms with Gasteiger partial charge in [0.1, 0.15) is 5.75 Å². The fourth-order valence-electron chi connectivity index (χ4n) is 4.13. The van der Waals surface area contributed by atoms with Crippen LogP contribution in [0.25, 0.3) is 16.6 Å². The van der Waals surface area contributed by atoms with Crippen LogP contribution >= 0.6 is 0 Å². The van der Waals surface area contributed by atoms with Crippen LogP contribution in [0.3, 0.4) is 0 Å². The van der Waals surface area contributed by atoms with E-state index < -0.39 is 17.2 Å². The molecular weight excluding hydrogens is 348 g/mol. The lowest BCUT2D eigenvalue weighted by molar-refractivity contribution is -0.0742. The van der Waals surface area contributed by atoms with Gasteiger partial charge >= 0.3 is 0 Å². The zero-order valence-corrected chi connectivity index (χ0v) is 15.9. The average molecular weight is 371 g/mol. The van der Waals surface area contributed by atoms with E-state index in [2.05, 4.69) is 13.8 Å². The first-order valence-corrected chi connectivity index (χ1v) is 9.16. The molecule has 27 heavy (non-hydrogen) atoms. The smallest absolute Gasteiger partial charge is 0.160 e. The van der Waals surface area contributed by atoms with Gasteiger partial charge in [-0.05, 0) is 37.6 Å². The van der Waals surface area contributed by atoms with Crippen LogP contribution in [0.5, 0.6) is 5.75 Å². The fourth-order valence-corrected chi connectivity index (χ4v) is 4.13. The number of ether oxygens (including phenoxy) is 1. The van der Waals surface area contributed by atoms with Crippen LogP contribution in [0.2, 0.25) is 0 Å². The van der Waals surface area contributed by atoms with E-state index in [0.29, 0.717) is 17.7 Å². The van der Waals surface area contributed by atoms with Crippen molar-refractivity contribution < 1.29 is 18.6 Å². The second-order valence-corrected chi connectivity index (χ2v) is 8.09. The first kappa shape index (κ1) is 18.0. The van der Waals surface area contributed by atoms with Gasteiger partial charge in [0.05, 0.1) is 17.7 Å². The van der Waals surface area contributed by atoms with Crippen molar-refractivity contribution in [3.63, 3.8) is 0 Å². The second kappa shape index (κ2) is 5.80. The summed E-state index contributed by atoms with van der Waals surface area (Å²) in [6.45, 7) is 8.68. The molecule has 3 nitrogen and oxygen atoms in total. The van der Waals surface area contributed by atoms with Crippen LogP contribution in [0.1, 0.15) is 45.4 Å². The number of rotatable bonds is 2. The van der Waals surface area contributed by atoms with E-state index in [0.717, 1.165) is 29.3 Å². The molecule has 142 valence electrons. The summed E-state index contributed by atoms with van der Waals surface area (Å²) in [6.07, 6.45) is 0.724. The maximum Gasteiger partial charge on any atom is 0.160 e. The molecule has 1 aromatic heterocycles. The van der Waals surface area contributed by atoms with Crippen molar-refractivity contribution in [2.45, 2.75) is 45.1 Å². The third-order valence-electron chi connectivity index (χ3n) is 5.73. The predicted octanol–water partition coefficient (Wildman–Crippen LogP) is 5.55. The van der Waals surface area contributed by atoms with E-state index in [4.69, 9.17) is 4.74 Å². The monoisotopic (exact) mass is 371 g/mol. The topological polar surface area (TPSA) is 34.4 Å². The third kappa shape index (κ3) is 2.48. The molecule has 2 aromatic carbocycles. The Labute approximate surface area is 157 Å². The summed E-state index contributed by atoms with van der Waals surface area (Å²) in [5.74, 6) is -1.62. The highest BCUT2D eigenvalue weighted by molar-refractivity contribution is 5.94. The van der Waals surface area contributed by atoms with Crippen molar-refractivity contribution in [3.05, 3.63) is 59.3 Å². The average Bonchev–Trinajstić information content (AvgIpc) is 3.00. The molecule has 0 spiro atoms. The van der Waals surface area contributed by atoms with Gasteiger partial charge < -0.3 is 14.4 Å². The van der Waals surface area contributed by atoms with Crippen LogP contribution in [-0.4, -0.2) is 16.3 Å². The Morgan fingerprint density at radius 3 is 2.52 bits per heavy atom. The summed E-state index contributed by atoms with van der Waals surface area (Å²) in [6, 6.07) is 9.20. The molecule has 4 rings (SSSR count). The molecular formula is C22H23F2NO2. The summed E-state index contributed by atoms with van der Waals surface area (Å²) in [7, 11) is 0. The minimum absolute atomic E-state index is 0.158. The lowest BCUT2D eigenvalue weighted by atomic mass is 9.77. The number of aromatic hydroxyl groups is 1. The van der Waals surface area contributed by atoms with E-state index in [1.54, 1.807) is 18.2 Å². The Kier molecular flexibility index (Phi) is 3.86. The van der Waals surface area contributed by atoms with Gasteiger partial charge in [0.2, 0.25) is 0 Å². The molecule has 0 radical (unpaired) electrons. The normalized spacial score (nSPS) is 21.4. The quantitative estimate of drug-likeness (QED) is 0.641. The number of fused-ring (bicyclic) bond motifs is 3. The number of hydrogen-bond donors (Lipinski definition) is 1.